The van der Waals surface area contributed by atoms with Crippen molar-refractivity contribution in [1.29, 1.82) is 0 Å². The molecule has 1 aromatic rings. The van der Waals surface area contributed by atoms with Crippen LogP contribution in [0.2, 0.25) is 0 Å². The molecule has 0 aliphatic carbocycles. The Bertz CT molecular complexity index is 429. The third-order valence-corrected chi connectivity index (χ3v) is 6.40. The first-order valence-electron chi connectivity index (χ1n) is 7.77. The summed E-state index contributed by atoms with van der Waals surface area (Å²) in [6, 6.07) is 6.35. The van der Waals surface area contributed by atoms with Crippen LogP contribution in [-0.4, -0.2) is 27.1 Å². The molecule has 0 amide bonds. The Hall–Kier alpha value is -0.683. The maximum atomic E-state index is 6.23. The van der Waals surface area contributed by atoms with Crippen LogP contribution in [0.15, 0.2) is 18.2 Å². The van der Waals surface area contributed by atoms with E-state index < -0.39 is 8.80 Å². The highest BCUT2D eigenvalue weighted by molar-refractivity contribution is 6.75. The SMILES string of the molecule is Cc1ccc([Si](OC(C)C)(OC(C)C)OC(C)C)cc1C. The van der Waals surface area contributed by atoms with Crippen molar-refractivity contribution in [1.82, 2.24) is 0 Å². The molecule has 0 unspecified atom stereocenters. The van der Waals surface area contributed by atoms with Crippen molar-refractivity contribution in [3.05, 3.63) is 29.3 Å². The summed E-state index contributed by atoms with van der Waals surface area (Å²) in [7, 11) is -2.92. The van der Waals surface area contributed by atoms with E-state index in [2.05, 4.69) is 32.0 Å². The molecule has 0 aromatic heterocycles. The van der Waals surface area contributed by atoms with Gasteiger partial charge in [0.05, 0.1) is 0 Å². The molecule has 0 aliphatic heterocycles. The monoisotopic (exact) mass is 310 g/mol. The van der Waals surface area contributed by atoms with Gasteiger partial charge in [0.2, 0.25) is 0 Å². The van der Waals surface area contributed by atoms with E-state index in [0.29, 0.717) is 0 Å². The molecule has 4 heteroatoms. The fraction of sp³-hybridized carbons (Fsp3) is 0.647. The highest BCUT2D eigenvalue weighted by Gasteiger charge is 2.46. The van der Waals surface area contributed by atoms with Crippen LogP contribution in [0.1, 0.15) is 52.7 Å². The van der Waals surface area contributed by atoms with Gasteiger partial charge >= 0.3 is 8.80 Å². The van der Waals surface area contributed by atoms with Crippen LogP contribution in [0.5, 0.6) is 0 Å². The van der Waals surface area contributed by atoms with Crippen molar-refractivity contribution in [2.45, 2.75) is 73.7 Å². The molecule has 0 radical (unpaired) electrons. The van der Waals surface area contributed by atoms with E-state index >= 15 is 0 Å². The molecule has 0 spiro atoms. The predicted molar refractivity (Wildman–Crippen MR) is 90.0 cm³/mol. The number of hydrogen-bond donors (Lipinski definition) is 0. The van der Waals surface area contributed by atoms with E-state index in [9.17, 15) is 0 Å². The van der Waals surface area contributed by atoms with Gasteiger partial charge < -0.3 is 13.3 Å². The van der Waals surface area contributed by atoms with Gasteiger partial charge in [-0.2, -0.15) is 0 Å². The normalized spacial score (nSPS) is 12.7. The minimum absolute atomic E-state index is 0.0516. The van der Waals surface area contributed by atoms with Crippen LogP contribution in [0.4, 0.5) is 0 Å². The molecule has 0 saturated carbocycles. The lowest BCUT2D eigenvalue weighted by atomic mass is 10.1. The van der Waals surface area contributed by atoms with E-state index in [1.54, 1.807) is 0 Å². The Morgan fingerprint density at radius 3 is 1.48 bits per heavy atom. The first kappa shape index (κ1) is 18.4. The zero-order chi connectivity index (χ0) is 16.2. The van der Waals surface area contributed by atoms with E-state index in [4.69, 9.17) is 13.3 Å². The topological polar surface area (TPSA) is 27.7 Å². The fourth-order valence-electron chi connectivity index (χ4n) is 2.15. The van der Waals surface area contributed by atoms with Gasteiger partial charge in [-0.15, -0.1) is 0 Å². The van der Waals surface area contributed by atoms with Crippen LogP contribution in [0.3, 0.4) is 0 Å². The third kappa shape index (κ3) is 5.22. The predicted octanol–water partition coefficient (Wildman–Crippen LogP) is 3.72. The molecule has 0 heterocycles. The van der Waals surface area contributed by atoms with E-state index in [1.807, 2.05) is 41.5 Å². The van der Waals surface area contributed by atoms with Gasteiger partial charge in [-0.25, -0.2) is 0 Å². The Morgan fingerprint density at radius 2 is 1.14 bits per heavy atom. The Kier molecular flexibility index (Phi) is 6.59. The van der Waals surface area contributed by atoms with Crippen LogP contribution in [0, 0.1) is 13.8 Å². The average molecular weight is 311 g/mol. The summed E-state index contributed by atoms with van der Waals surface area (Å²) in [5.41, 5.74) is 2.50. The molecule has 0 saturated heterocycles. The lowest BCUT2D eigenvalue weighted by Crippen LogP contribution is -2.60. The van der Waals surface area contributed by atoms with Crippen molar-refractivity contribution >= 4 is 14.0 Å². The summed E-state index contributed by atoms with van der Waals surface area (Å²) < 4.78 is 18.7. The maximum Gasteiger partial charge on any atom is 0.537 e. The average Bonchev–Trinajstić information content (AvgIpc) is 2.29. The van der Waals surface area contributed by atoms with Crippen molar-refractivity contribution in [2.24, 2.45) is 0 Å². The highest BCUT2D eigenvalue weighted by Crippen LogP contribution is 2.19. The lowest BCUT2D eigenvalue weighted by molar-refractivity contribution is 0.0153. The molecular formula is C17H30O3Si. The number of aryl methyl sites for hydroxylation is 2. The molecule has 0 fully saturated rings. The molecular weight excluding hydrogens is 280 g/mol. The smallest absolute Gasteiger partial charge is 0.367 e. The quantitative estimate of drug-likeness (QED) is 0.718. The Balaban J connectivity index is 3.32. The lowest BCUT2D eigenvalue weighted by Gasteiger charge is -2.34. The van der Waals surface area contributed by atoms with E-state index in [1.165, 1.54) is 11.1 Å². The van der Waals surface area contributed by atoms with Crippen LogP contribution in [0.25, 0.3) is 0 Å². The van der Waals surface area contributed by atoms with E-state index in [-0.39, 0.29) is 18.3 Å². The van der Waals surface area contributed by atoms with Gasteiger partial charge in [0, 0.05) is 23.5 Å². The molecule has 1 aromatic carbocycles. The largest absolute Gasteiger partial charge is 0.537 e. The molecule has 0 aliphatic rings. The van der Waals surface area contributed by atoms with Crippen LogP contribution >= 0.6 is 0 Å². The Morgan fingerprint density at radius 1 is 0.714 bits per heavy atom. The second kappa shape index (κ2) is 7.54. The highest BCUT2D eigenvalue weighted by atomic mass is 28.4. The summed E-state index contributed by atoms with van der Waals surface area (Å²) in [6.45, 7) is 16.4. The number of benzene rings is 1. The fourth-order valence-corrected chi connectivity index (χ4v) is 5.27. The van der Waals surface area contributed by atoms with Crippen molar-refractivity contribution in [3.8, 4) is 0 Å². The second-order valence-corrected chi connectivity index (χ2v) is 8.75. The van der Waals surface area contributed by atoms with Gasteiger partial charge in [-0.05, 0) is 66.5 Å². The Labute approximate surface area is 131 Å². The van der Waals surface area contributed by atoms with Crippen LogP contribution in [-0.2, 0) is 13.3 Å². The standard InChI is InChI=1S/C17H30O3Si/c1-12(2)18-21(19-13(3)4,20-14(5)6)17-10-9-15(7)16(8)11-17/h9-14H,1-8H3. The molecule has 21 heavy (non-hydrogen) atoms. The maximum absolute atomic E-state index is 6.23. The van der Waals surface area contributed by atoms with Crippen molar-refractivity contribution < 1.29 is 13.3 Å². The molecule has 120 valence electrons. The van der Waals surface area contributed by atoms with Gasteiger partial charge in [0.25, 0.3) is 0 Å². The summed E-state index contributed by atoms with van der Waals surface area (Å²) in [4.78, 5) is 0. The minimum atomic E-state index is -2.92. The second-order valence-electron chi connectivity index (χ2n) is 6.36. The van der Waals surface area contributed by atoms with Gasteiger partial charge in [-0.3, -0.25) is 0 Å². The van der Waals surface area contributed by atoms with Crippen molar-refractivity contribution in [3.63, 3.8) is 0 Å². The molecule has 0 N–H and O–H groups in total. The summed E-state index contributed by atoms with van der Waals surface area (Å²) in [5, 5.41) is 1.04. The van der Waals surface area contributed by atoms with Crippen molar-refractivity contribution in [2.75, 3.05) is 0 Å². The van der Waals surface area contributed by atoms with Gasteiger partial charge in [0.15, 0.2) is 0 Å². The minimum Gasteiger partial charge on any atom is -0.367 e. The molecule has 3 nitrogen and oxygen atoms in total. The summed E-state index contributed by atoms with van der Waals surface area (Å²) >= 11 is 0. The van der Waals surface area contributed by atoms with E-state index in [0.717, 1.165) is 5.19 Å². The summed E-state index contributed by atoms with van der Waals surface area (Å²) in [6.07, 6.45) is 0.155. The number of hydrogen-bond acceptors (Lipinski definition) is 3. The molecule has 1 rings (SSSR count). The molecule has 0 atom stereocenters. The van der Waals surface area contributed by atoms with Crippen LogP contribution < -0.4 is 5.19 Å². The summed E-state index contributed by atoms with van der Waals surface area (Å²) in [5.74, 6) is 0. The van der Waals surface area contributed by atoms with Gasteiger partial charge in [0.1, 0.15) is 0 Å². The zero-order valence-electron chi connectivity index (χ0n) is 14.7. The molecule has 0 bridgehead atoms. The van der Waals surface area contributed by atoms with Gasteiger partial charge in [-0.1, -0.05) is 18.2 Å². The first-order valence-corrected chi connectivity index (χ1v) is 9.50. The number of rotatable bonds is 7. The zero-order valence-corrected chi connectivity index (χ0v) is 15.7. The first-order chi connectivity index (χ1) is 9.66. The third-order valence-electron chi connectivity index (χ3n) is 3.03.